The summed E-state index contributed by atoms with van der Waals surface area (Å²) in [6, 6.07) is 22.7. The van der Waals surface area contributed by atoms with Gasteiger partial charge in [0.05, 0.1) is 23.5 Å². The molecule has 0 unspecified atom stereocenters. The number of fused-ring (bicyclic) bond motifs is 1. The number of hydrogen-bond donors (Lipinski definition) is 0. The highest BCUT2D eigenvalue weighted by molar-refractivity contribution is 6.03. The summed E-state index contributed by atoms with van der Waals surface area (Å²) in [5, 5.41) is 0. The largest absolute Gasteiger partial charge is 0.446 e. The lowest BCUT2D eigenvalue weighted by atomic mass is 9.98. The maximum Gasteiger partial charge on any atom is 0.414 e. The van der Waals surface area contributed by atoms with Gasteiger partial charge < -0.3 is 9.64 Å². The van der Waals surface area contributed by atoms with Gasteiger partial charge >= 0.3 is 6.09 Å². The lowest BCUT2D eigenvalue weighted by molar-refractivity contribution is -0.117. The van der Waals surface area contributed by atoms with Crippen LogP contribution in [-0.2, 0) is 16.0 Å². The monoisotopic (exact) mass is 470 g/mol. The van der Waals surface area contributed by atoms with Crippen LogP contribution in [-0.4, -0.2) is 36.5 Å². The van der Waals surface area contributed by atoms with Gasteiger partial charge in [-0.1, -0.05) is 60.7 Å². The SMILES string of the molecule is CC(=O)N1c2ccc(-c3ccc(C(=O)Cc4ccccc4)cc3)cc2N(C(=O)OC(C)C)C[C@@H]1C. The summed E-state index contributed by atoms with van der Waals surface area (Å²) in [5.41, 5.74) is 4.73. The highest BCUT2D eigenvalue weighted by Gasteiger charge is 2.34. The highest BCUT2D eigenvalue weighted by Crippen LogP contribution is 2.39. The lowest BCUT2D eigenvalue weighted by Crippen LogP contribution is -2.51. The Morgan fingerprint density at radius 3 is 2.20 bits per heavy atom. The van der Waals surface area contributed by atoms with Crippen molar-refractivity contribution in [1.29, 1.82) is 0 Å². The number of hydrogen-bond acceptors (Lipinski definition) is 4. The van der Waals surface area contributed by atoms with Gasteiger partial charge in [-0.15, -0.1) is 0 Å². The van der Waals surface area contributed by atoms with Crippen LogP contribution in [0.4, 0.5) is 16.2 Å². The molecule has 2 amide bonds. The minimum absolute atomic E-state index is 0.0573. The number of carbonyl (C=O) groups is 3. The quantitative estimate of drug-likeness (QED) is 0.437. The van der Waals surface area contributed by atoms with E-state index >= 15 is 0 Å². The third-order valence-corrected chi connectivity index (χ3v) is 6.06. The van der Waals surface area contributed by atoms with E-state index < -0.39 is 6.09 Å². The summed E-state index contributed by atoms with van der Waals surface area (Å²) in [6.45, 7) is 7.41. The van der Waals surface area contributed by atoms with E-state index in [4.69, 9.17) is 4.74 Å². The molecule has 0 aliphatic carbocycles. The van der Waals surface area contributed by atoms with Crippen LogP contribution >= 0.6 is 0 Å². The molecule has 0 saturated carbocycles. The van der Waals surface area contributed by atoms with E-state index in [0.29, 0.717) is 29.9 Å². The van der Waals surface area contributed by atoms with Crippen molar-refractivity contribution in [3.05, 3.63) is 83.9 Å². The zero-order chi connectivity index (χ0) is 25.1. The predicted octanol–water partition coefficient (Wildman–Crippen LogP) is 5.89. The Balaban J connectivity index is 1.64. The molecule has 0 bridgehead atoms. The summed E-state index contributed by atoms with van der Waals surface area (Å²) >= 11 is 0. The number of ether oxygens (including phenoxy) is 1. The van der Waals surface area contributed by atoms with Crippen molar-refractivity contribution in [3.8, 4) is 11.1 Å². The molecule has 6 nitrogen and oxygen atoms in total. The zero-order valence-electron chi connectivity index (χ0n) is 20.5. The first-order chi connectivity index (χ1) is 16.7. The second-order valence-corrected chi connectivity index (χ2v) is 9.15. The second kappa shape index (κ2) is 10.1. The molecule has 0 radical (unpaired) electrons. The molecule has 1 heterocycles. The molecule has 35 heavy (non-hydrogen) atoms. The molecule has 0 aromatic heterocycles. The fraction of sp³-hybridized carbons (Fsp3) is 0.276. The van der Waals surface area contributed by atoms with Gasteiger partial charge in [0.2, 0.25) is 5.91 Å². The molecule has 0 spiro atoms. The number of nitrogens with zero attached hydrogens (tertiary/aromatic N) is 2. The molecule has 4 rings (SSSR count). The van der Waals surface area contributed by atoms with Crippen molar-refractivity contribution in [1.82, 2.24) is 0 Å². The van der Waals surface area contributed by atoms with Crippen LogP contribution in [0.15, 0.2) is 72.8 Å². The minimum Gasteiger partial charge on any atom is -0.446 e. The topological polar surface area (TPSA) is 66.9 Å². The molecule has 1 atom stereocenters. The first-order valence-electron chi connectivity index (χ1n) is 11.8. The molecular weight excluding hydrogens is 440 g/mol. The molecule has 6 heteroatoms. The molecule has 3 aromatic rings. The van der Waals surface area contributed by atoms with Gasteiger partial charge in [0, 0.05) is 25.5 Å². The molecule has 3 aromatic carbocycles. The average molecular weight is 471 g/mol. The van der Waals surface area contributed by atoms with Gasteiger partial charge in [0.15, 0.2) is 5.78 Å². The maximum absolute atomic E-state index is 12.9. The Morgan fingerprint density at radius 1 is 0.914 bits per heavy atom. The first-order valence-corrected chi connectivity index (χ1v) is 11.8. The fourth-order valence-electron chi connectivity index (χ4n) is 4.45. The molecule has 180 valence electrons. The van der Waals surface area contributed by atoms with E-state index in [-0.39, 0.29) is 23.8 Å². The second-order valence-electron chi connectivity index (χ2n) is 9.15. The number of rotatable bonds is 5. The van der Waals surface area contributed by atoms with E-state index in [1.165, 1.54) is 6.92 Å². The van der Waals surface area contributed by atoms with Gasteiger partial charge in [0.1, 0.15) is 0 Å². The number of amides is 2. The third kappa shape index (κ3) is 5.27. The number of carbonyl (C=O) groups excluding carboxylic acids is 3. The molecule has 0 fully saturated rings. The van der Waals surface area contributed by atoms with Crippen LogP contribution in [0.25, 0.3) is 11.1 Å². The smallest absolute Gasteiger partial charge is 0.414 e. The Morgan fingerprint density at radius 2 is 1.57 bits per heavy atom. The van der Waals surface area contributed by atoms with Gasteiger partial charge in [0.25, 0.3) is 0 Å². The van der Waals surface area contributed by atoms with Crippen LogP contribution in [0.2, 0.25) is 0 Å². The van der Waals surface area contributed by atoms with Gasteiger partial charge in [-0.2, -0.15) is 0 Å². The Bertz CT molecular complexity index is 1240. The van der Waals surface area contributed by atoms with Crippen molar-refractivity contribution in [3.63, 3.8) is 0 Å². The number of benzene rings is 3. The molecule has 1 aliphatic heterocycles. The molecule has 0 saturated heterocycles. The van der Waals surface area contributed by atoms with Crippen molar-refractivity contribution in [2.45, 2.75) is 46.3 Å². The fourth-order valence-corrected chi connectivity index (χ4v) is 4.45. The van der Waals surface area contributed by atoms with Crippen LogP contribution in [0.5, 0.6) is 0 Å². The van der Waals surface area contributed by atoms with Crippen molar-refractivity contribution in [2.75, 3.05) is 16.3 Å². The van der Waals surface area contributed by atoms with Crippen LogP contribution in [0.1, 0.15) is 43.6 Å². The minimum atomic E-state index is -0.435. The Kier molecular flexibility index (Phi) is 7.01. The van der Waals surface area contributed by atoms with Crippen molar-refractivity contribution < 1.29 is 19.1 Å². The normalized spacial score (nSPS) is 15.1. The van der Waals surface area contributed by atoms with E-state index in [0.717, 1.165) is 16.7 Å². The summed E-state index contributed by atoms with van der Waals surface area (Å²) < 4.78 is 5.47. The zero-order valence-corrected chi connectivity index (χ0v) is 20.5. The summed E-state index contributed by atoms with van der Waals surface area (Å²) in [4.78, 5) is 41.3. The van der Waals surface area contributed by atoms with Gasteiger partial charge in [-0.05, 0) is 49.6 Å². The Hall–Kier alpha value is -3.93. The number of ketones is 1. The number of anilines is 2. The lowest BCUT2D eigenvalue weighted by Gasteiger charge is -2.40. The summed E-state index contributed by atoms with van der Waals surface area (Å²) in [6.07, 6.45) is -0.336. The predicted molar refractivity (Wildman–Crippen MR) is 138 cm³/mol. The Labute approximate surface area is 206 Å². The summed E-state index contributed by atoms with van der Waals surface area (Å²) in [5.74, 6) is -0.0217. The van der Waals surface area contributed by atoms with Crippen molar-refractivity contribution >= 4 is 29.2 Å². The van der Waals surface area contributed by atoms with Crippen LogP contribution in [0.3, 0.4) is 0 Å². The van der Waals surface area contributed by atoms with E-state index in [2.05, 4.69) is 0 Å². The van der Waals surface area contributed by atoms with E-state index in [9.17, 15) is 14.4 Å². The van der Waals surface area contributed by atoms with Crippen molar-refractivity contribution in [2.24, 2.45) is 0 Å². The molecular formula is C29H30N2O4. The summed E-state index contributed by atoms with van der Waals surface area (Å²) in [7, 11) is 0. The van der Waals surface area contributed by atoms with Gasteiger partial charge in [-0.25, -0.2) is 4.79 Å². The maximum atomic E-state index is 12.9. The highest BCUT2D eigenvalue weighted by atomic mass is 16.6. The first kappa shape index (κ1) is 24.2. The third-order valence-electron chi connectivity index (χ3n) is 6.06. The van der Waals surface area contributed by atoms with E-state index in [1.54, 1.807) is 9.80 Å². The average Bonchev–Trinajstić information content (AvgIpc) is 2.83. The molecule has 0 N–H and O–H groups in total. The van der Waals surface area contributed by atoms with Gasteiger partial charge in [-0.3, -0.25) is 14.5 Å². The van der Waals surface area contributed by atoms with Crippen LogP contribution in [0, 0.1) is 0 Å². The standard InChI is InChI=1S/C29H30N2O4/c1-19(2)35-29(34)30-18-20(3)31(21(4)32)26-15-14-25(17-27(26)30)23-10-12-24(13-11-23)28(33)16-22-8-6-5-7-9-22/h5-15,17,19-20H,16,18H2,1-4H3/t20-/m0/s1. The van der Waals surface area contributed by atoms with E-state index in [1.807, 2.05) is 93.6 Å². The number of Topliss-reactive ketones (excluding diaryl/α,β-unsaturated/α-hetero) is 1. The molecule has 1 aliphatic rings. The van der Waals surface area contributed by atoms with Crippen LogP contribution < -0.4 is 9.80 Å².